The van der Waals surface area contributed by atoms with Gasteiger partial charge in [0.25, 0.3) is 5.91 Å². The minimum absolute atomic E-state index is 0.0490. The van der Waals surface area contributed by atoms with Crippen molar-refractivity contribution >= 4 is 11.6 Å². The Kier molecular flexibility index (Phi) is 6.10. The van der Waals surface area contributed by atoms with Crippen molar-refractivity contribution in [1.82, 2.24) is 10.3 Å². The Morgan fingerprint density at radius 2 is 2.39 bits per heavy atom. The number of hydrogen-bond acceptors (Lipinski definition) is 5. The van der Waals surface area contributed by atoms with E-state index in [1.165, 1.54) is 0 Å². The van der Waals surface area contributed by atoms with Gasteiger partial charge in [0.15, 0.2) is 0 Å². The van der Waals surface area contributed by atoms with E-state index in [0.717, 1.165) is 5.69 Å². The zero-order valence-corrected chi connectivity index (χ0v) is 10.6. The number of amides is 1. The molecule has 0 saturated carbocycles. The summed E-state index contributed by atoms with van der Waals surface area (Å²) in [5.74, 6) is -0.214. The van der Waals surface area contributed by atoms with Crippen LogP contribution in [0.5, 0.6) is 0 Å². The van der Waals surface area contributed by atoms with Gasteiger partial charge in [-0.05, 0) is 19.1 Å². The van der Waals surface area contributed by atoms with Crippen molar-refractivity contribution < 1.29 is 14.6 Å². The van der Waals surface area contributed by atoms with Crippen LogP contribution in [0, 0.1) is 0 Å². The molecule has 0 aromatic carbocycles. The van der Waals surface area contributed by atoms with Crippen LogP contribution in [0.1, 0.15) is 17.4 Å². The molecular formula is C12H19N3O3. The highest BCUT2D eigenvalue weighted by Gasteiger charge is 2.10. The molecule has 6 heteroatoms. The Morgan fingerprint density at radius 3 is 3.00 bits per heavy atom. The fourth-order valence-corrected chi connectivity index (χ4v) is 1.47. The number of carbonyl (C=O) groups excluding carboxylic acids is 1. The molecule has 0 aliphatic rings. The van der Waals surface area contributed by atoms with Crippen molar-refractivity contribution in [2.24, 2.45) is 0 Å². The number of rotatable bonds is 7. The van der Waals surface area contributed by atoms with Crippen molar-refractivity contribution in [3.8, 4) is 0 Å². The Hall–Kier alpha value is -1.66. The van der Waals surface area contributed by atoms with Gasteiger partial charge in [0.1, 0.15) is 5.69 Å². The van der Waals surface area contributed by atoms with Crippen LogP contribution in [0.15, 0.2) is 18.3 Å². The summed E-state index contributed by atoms with van der Waals surface area (Å²) in [6, 6.07) is 3.17. The second-order valence-electron chi connectivity index (χ2n) is 3.77. The molecule has 1 unspecified atom stereocenters. The standard InChI is InChI=1S/C12H19N3O3/c1-3-13-12(17)11-6-9(4-5-14-11)15-10(7-16)8-18-2/h4-6,10,16H,3,7-8H2,1-2H3,(H,13,17)(H,14,15). The van der Waals surface area contributed by atoms with Crippen LogP contribution in [0.4, 0.5) is 5.69 Å². The fourth-order valence-electron chi connectivity index (χ4n) is 1.47. The van der Waals surface area contributed by atoms with E-state index in [4.69, 9.17) is 9.84 Å². The fraction of sp³-hybridized carbons (Fsp3) is 0.500. The van der Waals surface area contributed by atoms with Crippen LogP contribution in [-0.2, 0) is 4.74 Å². The highest BCUT2D eigenvalue weighted by molar-refractivity contribution is 5.93. The average molecular weight is 253 g/mol. The minimum Gasteiger partial charge on any atom is -0.394 e. The lowest BCUT2D eigenvalue weighted by Crippen LogP contribution is -2.29. The average Bonchev–Trinajstić information content (AvgIpc) is 2.39. The number of pyridine rings is 1. The third-order valence-electron chi connectivity index (χ3n) is 2.29. The number of aromatic nitrogens is 1. The Morgan fingerprint density at radius 1 is 1.61 bits per heavy atom. The molecule has 0 aliphatic heterocycles. The first-order valence-electron chi connectivity index (χ1n) is 5.81. The normalized spacial score (nSPS) is 11.9. The van der Waals surface area contributed by atoms with E-state index in [2.05, 4.69) is 15.6 Å². The van der Waals surface area contributed by atoms with E-state index in [1.807, 2.05) is 6.92 Å². The summed E-state index contributed by atoms with van der Waals surface area (Å²) in [6.07, 6.45) is 1.55. The van der Waals surface area contributed by atoms with E-state index in [9.17, 15) is 4.79 Å². The van der Waals surface area contributed by atoms with Crippen molar-refractivity contribution in [3.05, 3.63) is 24.0 Å². The van der Waals surface area contributed by atoms with Gasteiger partial charge < -0.3 is 20.5 Å². The van der Waals surface area contributed by atoms with Gasteiger partial charge in [0, 0.05) is 25.5 Å². The largest absolute Gasteiger partial charge is 0.394 e. The molecule has 3 N–H and O–H groups in total. The first-order chi connectivity index (χ1) is 8.71. The molecule has 100 valence electrons. The van der Waals surface area contributed by atoms with Crippen LogP contribution in [-0.4, -0.2) is 48.9 Å². The van der Waals surface area contributed by atoms with Crippen molar-refractivity contribution in [3.63, 3.8) is 0 Å². The van der Waals surface area contributed by atoms with Gasteiger partial charge in [-0.1, -0.05) is 0 Å². The van der Waals surface area contributed by atoms with Crippen molar-refractivity contribution in [2.45, 2.75) is 13.0 Å². The number of carbonyl (C=O) groups is 1. The van der Waals surface area contributed by atoms with E-state index < -0.39 is 0 Å². The highest BCUT2D eigenvalue weighted by atomic mass is 16.5. The number of nitrogens with zero attached hydrogens (tertiary/aromatic N) is 1. The third kappa shape index (κ3) is 4.31. The first-order valence-corrected chi connectivity index (χ1v) is 5.81. The van der Waals surface area contributed by atoms with E-state index in [0.29, 0.717) is 18.8 Å². The van der Waals surface area contributed by atoms with Crippen LogP contribution in [0.25, 0.3) is 0 Å². The maximum Gasteiger partial charge on any atom is 0.269 e. The number of nitrogens with one attached hydrogen (secondary N) is 2. The van der Waals surface area contributed by atoms with Crippen molar-refractivity contribution in [1.29, 1.82) is 0 Å². The summed E-state index contributed by atoms with van der Waals surface area (Å²) in [5, 5.41) is 14.9. The number of aliphatic hydroxyl groups excluding tert-OH is 1. The predicted molar refractivity (Wildman–Crippen MR) is 68.6 cm³/mol. The van der Waals surface area contributed by atoms with E-state index in [1.54, 1.807) is 25.4 Å². The molecular weight excluding hydrogens is 234 g/mol. The number of aliphatic hydroxyl groups is 1. The maximum absolute atomic E-state index is 11.6. The quantitative estimate of drug-likeness (QED) is 0.649. The molecule has 1 heterocycles. The Balaban J connectivity index is 2.72. The highest BCUT2D eigenvalue weighted by Crippen LogP contribution is 2.09. The van der Waals surface area contributed by atoms with Gasteiger partial charge in [-0.25, -0.2) is 0 Å². The molecule has 1 aromatic heterocycles. The number of hydrogen-bond donors (Lipinski definition) is 3. The zero-order chi connectivity index (χ0) is 13.4. The lowest BCUT2D eigenvalue weighted by atomic mass is 10.2. The Labute approximate surface area is 106 Å². The van der Waals surface area contributed by atoms with Gasteiger partial charge in [-0.3, -0.25) is 9.78 Å². The summed E-state index contributed by atoms with van der Waals surface area (Å²) in [7, 11) is 1.57. The molecule has 0 radical (unpaired) electrons. The molecule has 0 fully saturated rings. The summed E-state index contributed by atoms with van der Waals surface area (Å²) >= 11 is 0. The smallest absolute Gasteiger partial charge is 0.269 e. The molecule has 1 atom stereocenters. The van der Waals surface area contributed by atoms with E-state index in [-0.39, 0.29) is 18.6 Å². The molecule has 18 heavy (non-hydrogen) atoms. The van der Waals surface area contributed by atoms with Crippen LogP contribution >= 0.6 is 0 Å². The van der Waals surface area contributed by atoms with Gasteiger partial charge in [0.2, 0.25) is 0 Å². The third-order valence-corrected chi connectivity index (χ3v) is 2.29. The molecule has 0 saturated heterocycles. The minimum atomic E-state index is -0.214. The van der Waals surface area contributed by atoms with Gasteiger partial charge >= 0.3 is 0 Å². The molecule has 1 rings (SSSR count). The van der Waals surface area contributed by atoms with Crippen LogP contribution in [0.3, 0.4) is 0 Å². The summed E-state index contributed by atoms with van der Waals surface area (Å²) < 4.78 is 4.97. The number of ether oxygens (including phenoxy) is 1. The topological polar surface area (TPSA) is 83.5 Å². The molecule has 0 spiro atoms. The van der Waals surface area contributed by atoms with Gasteiger partial charge in [-0.15, -0.1) is 0 Å². The van der Waals surface area contributed by atoms with Crippen LogP contribution < -0.4 is 10.6 Å². The second kappa shape index (κ2) is 7.62. The number of methoxy groups -OCH3 is 1. The zero-order valence-electron chi connectivity index (χ0n) is 10.6. The lowest BCUT2D eigenvalue weighted by Gasteiger charge is -2.16. The van der Waals surface area contributed by atoms with Gasteiger partial charge in [0.05, 0.1) is 19.3 Å². The first kappa shape index (κ1) is 14.4. The lowest BCUT2D eigenvalue weighted by molar-refractivity contribution is 0.0951. The van der Waals surface area contributed by atoms with Crippen LogP contribution in [0.2, 0.25) is 0 Å². The molecule has 1 amide bonds. The summed E-state index contributed by atoms with van der Waals surface area (Å²) in [5.41, 5.74) is 1.07. The molecule has 6 nitrogen and oxygen atoms in total. The Bertz CT molecular complexity index is 385. The molecule has 0 aliphatic carbocycles. The van der Waals surface area contributed by atoms with Gasteiger partial charge in [-0.2, -0.15) is 0 Å². The number of anilines is 1. The second-order valence-corrected chi connectivity index (χ2v) is 3.77. The predicted octanol–water partition coefficient (Wildman–Crippen LogP) is 0.250. The SMILES string of the molecule is CCNC(=O)c1cc(NC(CO)COC)ccn1. The summed E-state index contributed by atoms with van der Waals surface area (Å²) in [6.45, 7) is 2.74. The molecule has 1 aromatic rings. The maximum atomic E-state index is 11.6. The monoisotopic (exact) mass is 253 g/mol. The molecule has 0 bridgehead atoms. The van der Waals surface area contributed by atoms with E-state index >= 15 is 0 Å². The van der Waals surface area contributed by atoms with Crippen molar-refractivity contribution in [2.75, 3.05) is 32.2 Å². The summed E-state index contributed by atoms with van der Waals surface area (Å²) in [4.78, 5) is 15.6.